The first kappa shape index (κ1) is 16.4. The fraction of sp³-hybridized carbons (Fsp3) is 0.625. The number of hydrogen-bond acceptors (Lipinski definition) is 5. The summed E-state index contributed by atoms with van der Waals surface area (Å²) in [6.07, 6.45) is 1.06. The predicted octanol–water partition coefficient (Wildman–Crippen LogP) is 1.03. The number of nitrogens with zero attached hydrogens (tertiary/aromatic N) is 2. The SMILES string of the molecule is CC[C@@H]1CN(C(=O)c2cc(C(N)=O)cs2)C[C@H]1N1CCOCC1. The molecule has 23 heavy (non-hydrogen) atoms. The molecule has 0 aliphatic carbocycles. The number of carbonyl (C=O) groups excluding carboxylic acids is 2. The zero-order chi connectivity index (χ0) is 16.4. The van der Waals surface area contributed by atoms with Gasteiger partial charge in [-0.2, -0.15) is 0 Å². The van der Waals surface area contributed by atoms with Crippen LogP contribution in [0.2, 0.25) is 0 Å². The lowest BCUT2D eigenvalue weighted by molar-refractivity contribution is 0.0103. The molecule has 0 bridgehead atoms. The van der Waals surface area contributed by atoms with Crippen molar-refractivity contribution < 1.29 is 14.3 Å². The minimum atomic E-state index is -0.487. The number of likely N-dealkylation sites (tertiary alicyclic amines) is 1. The molecule has 2 fully saturated rings. The Bertz CT molecular complexity index is 583. The van der Waals surface area contributed by atoms with Crippen LogP contribution in [0.3, 0.4) is 0 Å². The van der Waals surface area contributed by atoms with E-state index in [0.29, 0.717) is 22.4 Å². The Kier molecular flexibility index (Phi) is 4.99. The molecule has 126 valence electrons. The Morgan fingerprint density at radius 3 is 2.70 bits per heavy atom. The van der Waals surface area contributed by atoms with Crippen LogP contribution in [-0.2, 0) is 4.74 Å². The zero-order valence-corrected chi connectivity index (χ0v) is 14.2. The number of hydrogen-bond donors (Lipinski definition) is 1. The molecule has 2 amide bonds. The maximum absolute atomic E-state index is 12.7. The second kappa shape index (κ2) is 6.98. The van der Waals surface area contributed by atoms with Crippen LogP contribution in [0.5, 0.6) is 0 Å². The summed E-state index contributed by atoms with van der Waals surface area (Å²) >= 11 is 1.29. The van der Waals surface area contributed by atoms with E-state index in [4.69, 9.17) is 10.5 Å². The maximum Gasteiger partial charge on any atom is 0.264 e. The lowest BCUT2D eigenvalue weighted by Gasteiger charge is -2.34. The molecule has 7 heteroatoms. The molecule has 0 saturated carbocycles. The fourth-order valence-electron chi connectivity index (χ4n) is 3.48. The van der Waals surface area contributed by atoms with Gasteiger partial charge in [0.05, 0.1) is 23.7 Å². The van der Waals surface area contributed by atoms with Crippen LogP contribution in [0.1, 0.15) is 33.4 Å². The third kappa shape index (κ3) is 3.41. The summed E-state index contributed by atoms with van der Waals surface area (Å²) in [7, 11) is 0. The van der Waals surface area contributed by atoms with Crippen LogP contribution in [-0.4, -0.2) is 67.0 Å². The molecule has 0 radical (unpaired) electrons. The minimum Gasteiger partial charge on any atom is -0.379 e. The fourth-order valence-corrected chi connectivity index (χ4v) is 4.34. The molecule has 1 aromatic heterocycles. The van der Waals surface area contributed by atoms with Gasteiger partial charge in [-0.05, 0) is 12.0 Å². The van der Waals surface area contributed by atoms with Crippen LogP contribution in [0.15, 0.2) is 11.4 Å². The molecular formula is C16H23N3O3S. The van der Waals surface area contributed by atoms with Crippen LogP contribution < -0.4 is 5.73 Å². The van der Waals surface area contributed by atoms with Gasteiger partial charge in [0, 0.05) is 37.6 Å². The van der Waals surface area contributed by atoms with Crippen molar-refractivity contribution >= 4 is 23.2 Å². The van der Waals surface area contributed by atoms with Crippen molar-refractivity contribution in [2.24, 2.45) is 11.7 Å². The summed E-state index contributed by atoms with van der Waals surface area (Å²) in [6.45, 7) is 7.13. The van der Waals surface area contributed by atoms with Crippen molar-refractivity contribution in [3.63, 3.8) is 0 Å². The van der Waals surface area contributed by atoms with Gasteiger partial charge in [0.2, 0.25) is 5.91 Å². The van der Waals surface area contributed by atoms with Crippen molar-refractivity contribution in [2.45, 2.75) is 19.4 Å². The highest BCUT2D eigenvalue weighted by molar-refractivity contribution is 7.12. The summed E-state index contributed by atoms with van der Waals surface area (Å²) in [6, 6.07) is 2.02. The van der Waals surface area contributed by atoms with Crippen LogP contribution in [0, 0.1) is 5.92 Å². The number of primary amides is 1. The summed E-state index contributed by atoms with van der Waals surface area (Å²) in [5.74, 6) is 0.0173. The molecule has 3 heterocycles. The molecule has 2 aliphatic heterocycles. The van der Waals surface area contributed by atoms with Crippen molar-refractivity contribution in [3.8, 4) is 0 Å². The molecule has 2 atom stereocenters. The van der Waals surface area contributed by atoms with E-state index < -0.39 is 5.91 Å². The second-order valence-electron chi connectivity index (χ2n) is 6.16. The van der Waals surface area contributed by atoms with Crippen molar-refractivity contribution in [3.05, 3.63) is 21.9 Å². The monoisotopic (exact) mass is 337 g/mol. The van der Waals surface area contributed by atoms with E-state index in [1.165, 1.54) is 11.3 Å². The molecule has 2 saturated heterocycles. The van der Waals surface area contributed by atoms with Gasteiger partial charge in [-0.25, -0.2) is 0 Å². The summed E-state index contributed by atoms with van der Waals surface area (Å²) < 4.78 is 5.43. The molecule has 0 aromatic carbocycles. The number of nitrogens with two attached hydrogens (primary N) is 1. The van der Waals surface area contributed by atoms with E-state index >= 15 is 0 Å². The van der Waals surface area contributed by atoms with E-state index in [9.17, 15) is 9.59 Å². The molecule has 2 aliphatic rings. The zero-order valence-electron chi connectivity index (χ0n) is 13.4. The summed E-state index contributed by atoms with van der Waals surface area (Å²) in [5, 5.41) is 1.66. The summed E-state index contributed by atoms with van der Waals surface area (Å²) in [5.41, 5.74) is 5.68. The van der Waals surface area contributed by atoms with E-state index in [2.05, 4.69) is 11.8 Å². The lowest BCUT2D eigenvalue weighted by atomic mass is 9.99. The molecular weight excluding hydrogens is 314 g/mol. The molecule has 1 aromatic rings. The first-order valence-corrected chi connectivity index (χ1v) is 8.97. The summed E-state index contributed by atoms with van der Waals surface area (Å²) in [4.78, 5) is 28.9. The van der Waals surface area contributed by atoms with E-state index in [-0.39, 0.29) is 5.91 Å². The third-order valence-electron chi connectivity index (χ3n) is 4.83. The number of carbonyl (C=O) groups is 2. The van der Waals surface area contributed by atoms with Gasteiger partial charge in [-0.1, -0.05) is 13.3 Å². The minimum absolute atomic E-state index is 0.0108. The third-order valence-corrected chi connectivity index (χ3v) is 5.75. The van der Waals surface area contributed by atoms with Crippen molar-refractivity contribution in [2.75, 3.05) is 39.4 Å². The standard InChI is InChI=1S/C16H23N3O3S/c1-2-11-8-19(9-13(11)18-3-5-22-6-4-18)16(21)14-7-12(10-23-14)15(17)20/h7,10-11,13H,2-6,8-9H2,1H3,(H2,17,20)/t11-,13-/m1/s1. The predicted molar refractivity (Wildman–Crippen MR) is 88.7 cm³/mol. The number of ether oxygens (including phenoxy) is 1. The Morgan fingerprint density at radius 1 is 1.35 bits per heavy atom. The van der Waals surface area contributed by atoms with Crippen molar-refractivity contribution in [1.29, 1.82) is 0 Å². The van der Waals surface area contributed by atoms with Gasteiger partial charge < -0.3 is 15.4 Å². The highest BCUT2D eigenvalue weighted by Crippen LogP contribution is 2.28. The van der Waals surface area contributed by atoms with E-state index in [1.807, 2.05) is 4.90 Å². The lowest BCUT2D eigenvalue weighted by Crippen LogP contribution is -2.47. The second-order valence-corrected chi connectivity index (χ2v) is 7.07. The molecule has 3 rings (SSSR count). The molecule has 6 nitrogen and oxygen atoms in total. The molecule has 0 unspecified atom stereocenters. The maximum atomic E-state index is 12.7. The topological polar surface area (TPSA) is 75.9 Å². The van der Waals surface area contributed by atoms with Gasteiger partial charge in [0.1, 0.15) is 0 Å². The van der Waals surface area contributed by atoms with Gasteiger partial charge >= 0.3 is 0 Å². The number of rotatable bonds is 4. The highest BCUT2D eigenvalue weighted by Gasteiger charge is 2.38. The largest absolute Gasteiger partial charge is 0.379 e. The van der Waals surface area contributed by atoms with Crippen LogP contribution in [0.4, 0.5) is 0 Å². The van der Waals surface area contributed by atoms with Gasteiger partial charge in [-0.15, -0.1) is 11.3 Å². The number of amides is 2. The van der Waals surface area contributed by atoms with Gasteiger partial charge in [0.25, 0.3) is 5.91 Å². The molecule has 0 spiro atoms. The van der Waals surface area contributed by atoms with Gasteiger partial charge in [-0.3, -0.25) is 14.5 Å². The Balaban J connectivity index is 1.70. The highest BCUT2D eigenvalue weighted by atomic mass is 32.1. The van der Waals surface area contributed by atoms with Crippen LogP contribution >= 0.6 is 11.3 Å². The molecule has 2 N–H and O–H groups in total. The average molecular weight is 337 g/mol. The van der Waals surface area contributed by atoms with Crippen LogP contribution in [0.25, 0.3) is 0 Å². The van der Waals surface area contributed by atoms with E-state index in [1.54, 1.807) is 11.4 Å². The quantitative estimate of drug-likeness (QED) is 0.890. The number of thiophene rings is 1. The van der Waals surface area contributed by atoms with Crippen molar-refractivity contribution in [1.82, 2.24) is 9.80 Å². The van der Waals surface area contributed by atoms with Gasteiger partial charge in [0.15, 0.2) is 0 Å². The number of morpholine rings is 1. The van der Waals surface area contributed by atoms with E-state index in [0.717, 1.165) is 45.8 Å². The Labute approximate surface area is 140 Å². The average Bonchev–Trinajstić information content (AvgIpc) is 3.22. The first-order chi connectivity index (χ1) is 11.1. The Morgan fingerprint density at radius 2 is 2.09 bits per heavy atom. The Hall–Kier alpha value is -1.44. The smallest absolute Gasteiger partial charge is 0.264 e. The normalized spacial score (nSPS) is 25.7. The first-order valence-electron chi connectivity index (χ1n) is 8.09.